The van der Waals surface area contributed by atoms with Crippen LogP contribution in [0.2, 0.25) is 0 Å². The van der Waals surface area contributed by atoms with Crippen LogP contribution in [0.3, 0.4) is 0 Å². The van der Waals surface area contributed by atoms with E-state index in [1.54, 1.807) is 0 Å². The van der Waals surface area contributed by atoms with E-state index in [1.807, 2.05) is 24.3 Å². The average molecular weight is 252 g/mol. The number of alkyl halides is 2. The third-order valence-electron chi connectivity index (χ3n) is 3.32. The van der Waals surface area contributed by atoms with Crippen LogP contribution in [-0.2, 0) is 6.54 Å². The largest absolute Gasteiger partial charge is 0.399 e. The Morgan fingerprint density at radius 3 is 2.28 bits per heavy atom. The van der Waals surface area contributed by atoms with Crippen LogP contribution in [0, 0.1) is 0 Å². The molecular weight excluding hydrogens is 234 g/mol. The smallest absolute Gasteiger partial charge is 0.250 e. The molecule has 0 amide bonds. The summed E-state index contributed by atoms with van der Waals surface area (Å²) in [5.74, 6) is -2.47. The van der Waals surface area contributed by atoms with E-state index in [9.17, 15) is 8.78 Å². The van der Waals surface area contributed by atoms with Crippen LogP contribution in [-0.4, -0.2) is 23.9 Å². The molecule has 1 heterocycles. The van der Waals surface area contributed by atoms with Crippen molar-refractivity contribution in [2.45, 2.75) is 25.3 Å². The first-order valence-electron chi connectivity index (χ1n) is 6.10. The van der Waals surface area contributed by atoms with Crippen LogP contribution in [0.5, 0.6) is 0 Å². The quantitative estimate of drug-likeness (QED) is 0.896. The van der Waals surface area contributed by atoms with Crippen molar-refractivity contribution in [1.82, 2.24) is 4.90 Å². The molecule has 0 unspecified atom stereocenters. The predicted octanol–water partition coefficient (Wildman–Crippen LogP) is 2.85. The van der Waals surface area contributed by atoms with E-state index in [-0.39, 0.29) is 12.8 Å². The average Bonchev–Trinajstić information content (AvgIpc) is 2.33. The van der Waals surface area contributed by atoms with E-state index in [2.05, 4.69) is 11.5 Å². The standard InChI is InChI=1S/C14H18F2N2/c1-11(17)13-4-2-12(3-5-13)10-18-8-6-14(15,16)7-9-18/h2-5H,1,6-10,17H2. The minimum atomic E-state index is -2.47. The van der Waals surface area contributed by atoms with Crippen molar-refractivity contribution in [2.24, 2.45) is 5.73 Å². The lowest BCUT2D eigenvalue weighted by Crippen LogP contribution is -2.38. The Hall–Kier alpha value is -1.42. The first kappa shape index (κ1) is 13.0. The summed E-state index contributed by atoms with van der Waals surface area (Å²) in [6.07, 6.45) is -0.0740. The van der Waals surface area contributed by atoms with Crippen LogP contribution in [0.1, 0.15) is 24.0 Å². The lowest BCUT2D eigenvalue weighted by Gasteiger charge is -2.31. The first-order valence-corrected chi connectivity index (χ1v) is 6.10. The highest BCUT2D eigenvalue weighted by Gasteiger charge is 2.33. The van der Waals surface area contributed by atoms with Gasteiger partial charge in [-0.25, -0.2) is 8.78 Å². The normalized spacial score (nSPS) is 19.7. The van der Waals surface area contributed by atoms with Gasteiger partial charge in [-0.15, -0.1) is 0 Å². The van der Waals surface area contributed by atoms with Gasteiger partial charge in [0.25, 0.3) is 5.92 Å². The van der Waals surface area contributed by atoms with Gasteiger partial charge in [0.2, 0.25) is 0 Å². The molecule has 1 aliphatic rings. The molecule has 1 aromatic carbocycles. The molecule has 4 heteroatoms. The van der Waals surface area contributed by atoms with Crippen LogP contribution in [0.4, 0.5) is 8.78 Å². The third-order valence-corrected chi connectivity index (χ3v) is 3.32. The Labute approximate surface area is 106 Å². The van der Waals surface area contributed by atoms with E-state index >= 15 is 0 Å². The summed E-state index contributed by atoms with van der Waals surface area (Å²) in [6, 6.07) is 7.77. The molecule has 0 saturated carbocycles. The van der Waals surface area contributed by atoms with E-state index in [0.717, 1.165) is 11.1 Å². The number of nitrogens with two attached hydrogens (primary N) is 1. The molecule has 1 saturated heterocycles. The molecule has 1 fully saturated rings. The number of hydrogen-bond donors (Lipinski definition) is 1. The summed E-state index contributed by atoms with van der Waals surface area (Å²) in [7, 11) is 0. The minimum Gasteiger partial charge on any atom is -0.399 e. The van der Waals surface area contributed by atoms with Gasteiger partial charge < -0.3 is 5.73 Å². The van der Waals surface area contributed by atoms with Crippen LogP contribution in [0.15, 0.2) is 30.8 Å². The molecule has 2 nitrogen and oxygen atoms in total. The van der Waals surface area contributed by atoms with Crippen molar-refractivity contribution in [3.05, 3.63) is 42.0 Å². The predicted molar refractivity (Wildman–Crippen MR) is 69.1 cm³/mol. The molecule has 0 bridgehead atoms. The minimum absolute atomic E-state index is 0.0370. The maximum absolute atomic E-state index is 13.0. The molecule has 0 aliphatic carbocycles. The third kappa shape index (κ3) is 3.29. The highest BCUT2D eigenvalue weighted by Crippen LogP contribution is 2.28. The number of likely N-dealkylation sites (tertiary alicyclic amines) is 1. The molecule has 1 aromatic rings. The van der Waals surface area contributed by atoms with Crippen molar-refractivity contribution in [3.63, 3.8) is 0 Å². The summed E-state index contributed by atoms with van der Waals surface area (Å²) in [4.78, 5) is 2.06. The zero-order valence-electron chi connectivity index (χ0n) is 10.3. The van der Waals surface area contributed by atoms with Crippen LogP contribution < -0.4 is 5.73 Å². The van der Waals surface area contributed by atoms with Crippen molar-refractivity contribution in [1.29, 1.82) is 0 Å². The van der Waals surface area contributed by atoms with Gasteiger partial charge in [0.05, 0.1) is 0 Å². The van der Waals surface area contributed by atoms with Gasteiger partial charge in [-0.05, 0) is 11.1 Å². The second-order valence-electron chi connectivity index (χ2n) is 4.85. The fourth-order valence-corrected chi connectivity index (χ4v) is 2.12. The van der Waals surface area contributed by atoms with Gasteiger partial charge in [0, 0.05) is 38.2 Å². The van der Waals surface area contributed by atoms with Gasteiger partial charge in [-0.1, -0.05) is 30.8 Å². The van der Waals surface area contributed by atoms with E-state index < -0.39 is 5.92 Å². The van der Waals surface area contributed by atoms with Gasteiger partial charge in [-0.2, -0.15) is 0 Å². The SMILES string of the molecule is C=C(N)c1ccc(CN2CCC(F)(F)CC2)cc1. The van der Waals surface area contributed by atoms with Crippen LogP contribution >= 0.6 is 0 Å². The first-order chi connectivity index (χ1) is 8.46. The van der Waals surface area contributed by atoms with Crippen LogP contribution in [0.25, 0.3) is 5.70 Å². The lowest BCUT2D eigenvalue weighted by atomic mass is 10.1. The second kappa shape index (κ2) is 5.06. The Bertz CT molecular complexity index is 416. The van der Waals surface area contributed by atoms with Gasteiger partial charge in [0.15, 0.2) is 0 Å². The molecule has 0 radical (unpaired) electrons. The molecular formula is C14H18F2N2. The number of benzene rings is 1. The summed E-state index contributed by atoms with van der Waals surface area (Å²) < 4.78 is 26.0. The van der Waals surface area contributed by atoms with Crippen molar-refractivity contribution in [2.75, 3.05) is 13.1 Å². The highest BCUT2D eigenvalue weighted by molar-refractivity contribution is 5.60. The summed E-state index contributed by atoms with van der Waals surface area (Å²) in [6.45, 7) is 5.30. The Balaban J connectivity index is 1.92. The summed E-state index contributed by atoms with van der Waals surface area (Å²) >= 11 is 0. The Kier molecular flexibility index (Phi) is 3.66. The van der Waals surface area contributed by atoms with Gasteiger partial charge >= 0.3 is 0 Å². The molecule has 1 aliphatic heterocycles. The summed E-state index contributed by atoms with van der Waals surface area (Å²) in [5, 5.41) is 0. The molecule has 0 aromatic heterocycles. The number of nitrogens with zero attached hydrogens (tertiary/aromatic N) is 1. The number of rotatable bonds is 3. The maximum Gasteiger partial charge on any atom is 0.250 e. The van der Waals surface area contributed by atoms with E-state index in [4.69, 9.17) is 5.73 Å². The van der Waals surface area contributed by atoms with Crippen molar-refractivity contribution >= 4 is 5.70 Å². The molecule has 98 valence electrons. The van der Waals surface area contributed by atoms with E-state index in [1.165, 1.54) is 0 Å². The lowest BCUT2D eigenvalue weighted by molar-refractivity contribution is -0.0566. The molecule has 0 spiro atoms. The summed E-state index contributed by atoms with van der Waals surface area (Å²) in [5.41, 5.74) is 8.15. The number of hydrogen-bond acceptors (Lipinski definition) is 2. The fraction of sp³-hybridized carbons (Fsp3) is 0.429. The van der Waals surface area contributed by atoms with Crippen molar-refractivity contribution < 1.29 is 8.78 Å². The maximum atomic E-state index is 13.0. The number of piperidine rings is 1. The Morgan fingerprint density at radius 1 is 1.22 bits per heavy atom. The second-order valence-corrected chi connectivity index (χ2v) is 4.85. The highest BCUT2D eigenvalue weighted by atomic mass is 19.3. The molecule has 2 N–H and O–H groups in total. The monoisotopic (exact) mass is 252 g/mol. The fourth-order valence-electron chi connectivity index (χ4n) is 2.12. The number of halogens is 2. The van der Waals surface area contributed by atoms with E-state index in [0.29, 0.717) is 25.3 Å². The molecule has 2 rings (SSSR count). The van der Waals surface area contributed by atoms with Crippen molar-refractivity contribution in [3.8, 4) is 0 Å². The topological polar surface area (TPSA) is 29.3 Å². The van der Waals surface area contributed by atoms with Gasteiger partial charge in [-0.3, -0.25) is 4.90 Å². The Morgan fingerprint density at radius 2 is 1.78 bits per heavy atom. The molecule has 18 heavy (non-hydrogen) atoms. The molecule has 0 atom stereocenters. The zero-order chi connectivity index (χ0) is 13.2. The van der Waals surface area contributed by atoms with Gasteiger partial charge in [0.1, 0.15) is 0 Å². The zero-order valence-corrected chi connectivity index (χ0v) is 10.3.